The van der Waals surface area contributed by atoms with E-state index < -0.39 is 0 Å². The molecule has 0 spiro atoms. The average Bonchev–Trinajstić information content (AvgIpc) is 2.22. The van der Waals surface area contributed by atoms with E-state index in [1.807, 2.05) is 32.4 Å². The van der Waals surface area contributed by atoms with Gasteiger partial charge in [-0.25, -0.2) is 0 Å². The highest BCUT2D eigenvalue weighted by molar-refractivity contribution is 5.64. The van der Waals surface area contributed by atoms with E-state index in [0.717, 1.165) is 16.8 Å². The van der Waals surface area contributed by atoms with E-state index in [-0.39, 0.29) is 11.5 Å². The summed E-state index contributed by atoms with van der Waals surface area (Å²) in [6.07, 6.45) is 0. The normalized spacial score (nSPS) is 11.0. The van der Waals surface area contributed by atoms with Crippen LogP contribution in [0.3, 0.4) is 0 Å². The van der Waals surface area contributed by atoms with Crippen molar-refractivity contribution in [2.75, 3.05) is 5.73 Å². The molecule has 2 aliphatic heterocycles. The first kappa shape index (κ1) is 10.6. The van der Waals surface area contributed by atoms with E-state index in [4.69, 9.17) is 5.73 Å². The van der Waals surface area contributed by atoms with Crippen molar-refractivity contribution < 1.29 is 0 Å². The van der Waals surface area contributed by atoms with Crippen LogP contribution in [0.25, 0.3) is 11.4 Å². The summed E-state index contributed by atoms with van der Waals surface area (Å²) in [6, 6.07) is 0. The van der Waals surface area contributed by atoms with Gasteiger partial charge in [0.05, 0.1) is 5.56 Å². The summed E-state index contributed by atoms with van der Waals surface area (Å²) in [6.45, 7) is 5.88. The Morgan fingerprint density at radius 3 is 2.38 bits per heavy atom. The van der Waals surface area contributed by atoms with E-state index >= 15 is 0 Å². The van der Waals surface area contributed by atoms with E-state index in [9.17, 15) is 4.79 Å². The predicted octanol–water partition coefficient (Wildman–Crippen LogP) is 0.788. The van der Waals surface area contributed by atoms with Crippen LogP contribution < -0.4 is 11.3 Å². The van der Waals surface area contributed by atoms with Crippen LogP contribution in [0.15, 0.2) is 4.79 Å². The molecule has 2 aliphatic rings. The molecule has 0 aliphatic carbocycles. The molecule has 16 heavy (non-hydrogen) atoms. The van der Waals surface area contributed by atoms with Gasteiger partial charge < -0.3 is 10.3 Å². The van der Waals surface area contributed by atoms with Crippen molar-refractivity contribution in [3.63, 3.8) is 0 Å². The lowest BCUT2D eigenvalue weighted by Gasteiger charge is -2.18. The summed E-state index contributed by atoms with van der Waals surface area (Å²) in [4.78, 5) is 19.6. The molecule has 0 radical (unpaired) electrons. The number of rotatable bonds is 0. The lowest BCUT2D eigenvalue weighted by molar-refractivity contribution is 0.816. The molecule has 2 rings (SSSR count). The topological polar surface area (TPSA) is 73.8 Å². The number of nitrogens with two attached hydrogens (primary N) is 1. The minimum absolute atomic E-state index is 0.0238. The van der Waals surface area contributed by atoms with Gasteiger partial charge >= 0.3 is 0 Å². The fourth-order valence-corrected chi connectivity index (χ4v) is 1.89. The molecule has 0 unspecified atom stereocenters. The van der Waals surface area contributed by atoms with E-state index in [0.29, 0.717) is 11.4 Å². The Balaban J connectivity index is 3.07. The Bertz CT molecular complexity index is 600. The smallest absolute Gasteiger partial charge is 0.284 e. The van der Waals surface area contributed by atoms with Gasteiger partial charge in [0.1, 0.15) is 5.82 Å². The Morgan fingerprint density at radius 2 is 1.75 bits per heavy atom. The molecule has 0 fully saturated rings. The molecule has 5 heteroatoms. The van der Waals surface area contributed by atoms with Crippen molar-refractivity contribution >= 4 is 5.95 Å². The number of hydrogen-bond acceptors (Lipinski definition) is 4. The first-order chi connectivity index (χ1) is 7.43. The van der Waals surface area contributed by atoms with E-state index in [2.05, 4.69) is 9.97 Å². The van der Waals surface area contributed by atoms with Gasteiger partial charge in [0.2, 0.25) is 5.95 Å². The number of aromatic nitrogens is 3. The number of hydrogen-bond donors (Lipinski definition) is 1. The molecule has 0 atom stereocenters. The second-order valence-corrected chi connectivity index (χ2v) is 3.98. The molecule has 0 aromatic heterocycles. The second-order valence-electron chi connectivity index (χ2n) is 3.98. The van der Waals surface area contributed by atoms with Crippen molar-refractivity contribution in [2.24, 2.45) is 7.05 Å². The molecule has 0 amide bonds. The van der Waals surface area contributed by atoms with Gasteiger partial charge in [0, 0.05) is 12.7 Å². The Morgan fingerprint density at radius 1 is 1.12 bits per heavy atom. The van der Waals surface area contributed by atoms with Crippen LogP contribution in [0.1, 0.15) is 16.8 Å². The minimum Gasteiger partial charge on any atom is -0.368 e. The van der Waals surface area contributed by atoms with Crippen molar-refractivity contribution in [3.8, 4) is 11.4 Å². The SMILES string of the molecule is Cc1c(C)c(C)n(C)c2nc(N)nc(=O)c1-2. The molecule has 0 saturated carbocycles. The third kappa shape index (κ3) is 1.28. The number of anilines is 1. The van der Waals surface area contributed by atoms with Gasteiger partial charge in [-0.1, -0.05) is 0 Å². The van der Waals surface area contributed by atoms with Gasteiger partial charge in [-0.05, 0) is 31.9 Å². The summed E-state index contributed by atoms with van der Waals surface area (Å²) in [5.41, 5.74) is 8.83. The number of nitrogen functional groups attached to an aromatic ring is 1. The standard InChI is InChI=1S/C11H14N4O/c1-5-6(2)8-9(15(4)7(5)3)13-11(12)14-10(8)16/h1-4H3,(H2,12,14,16). The summed E-state index contributed by atoms with van der Waals surface area (Å²) >= 11 is 0. The summed E-state index contributed by atoms with van der Waals surface area (Å²) < 4.78 is 1.87. The lowest BCUT2D eigenvalue weighted by atomic mass is 10.0. The highest BCUT2D eigenvalue weighted by atomic mass is 16.1. The first-order valence-corrected chi connectivity index (χ1v) is 5.03. The van der Waals surface area contributed by atoms with E-state index in [1.165, 1.54) is 0 Å². The highest BCUT2D eigenvalue weighted by Crippen LogP contribution is 2.25. The number of nitrogens with zero attached hydrogens (tertiary/aromatic N) is 3. The molecule has 0 bridgehead atoms. The number of pyridine rings is 1. The zero-order valence-electron chi connectivity index (χ0n) is 9.83. The molecular formula is C11H14N4O. The monoisotopic (exact) mass is 218 g/mol. The van der Waals surface area contributed by atoms with Crippen LogP contribution in [-0.4, -0.2) is 14.5 Å². The van der Waals surface area contributed by atoms with Gasteiger partial charge in [-0.15, -0.1) is 0 Å². The van der Waals surface area contributed by atoms with Crippen LogP contribution in [0.2, 0.25) is 0 Å². The molecule has 0 aromatic carbocycles. The maximum absolute atomic E-state index is 11.8. The minimum atomic E-state index is -0.307. The highest BCUT2D eigenvalue weighted by Gasteiger charge is 2.19. The van der Waals surface area contributed by atoms with Gasteiger partial charge in [-0.2, -0.15) is 9.97 Å². The van der Waals surface area contributed by atoms with Crippen LogP contribution in [0.5, 0.6) is 0 Å². The zero-order chi connectivity index (χ0) is 12.0. The fourth-order valence-electron chi connectivity index (χ4n) is 1.89. The van der Waals surface area contributed by atoms with Crippen LogP contribution in [-0.2, 0) is 7.05 Å². The molecule has 0 aromatic rings. The van der Waals surface area contributed by atoms with Crippen molar-refractivity contribution in [1.29, 1.82) is 0 Å². The maximum Gasteiger partial charge on any atom is 0.284 e. The number of fused-ring (bicyclic) bond motifs is 1. The summed E-state index contributed by atoms with van der Waals surface area (Å²) in [7, 11) is 1.87. The lowest BCUT2D eigenvalue weighted by Crippen LogP contribution is -2.21. The summed E-state index contributed by atoms with van der Waals surface area (Å²) in [5, 5.41) is 0. The Hall–Kier alpha value is -1.91. The molecule has 0 saturated heterocycles. The maximum atomic E-state index is 11.8. The summed E-state index contributed by atoms with van der Waals surface area (Å²) in [5.74, 6) is 0.619. The van der Waals surface area contributed by atoms with Crippen molar-refractivity contribution in [2.45, 2.75) is 20.8 Å². The second kappa shape index (κ2) is 3.30. The van der Waals surface area contributed by atoms with Crippen LogP contribution in [0.4, 0.5) is 5.95 Å². The quantitative estimate of drug-likeness (QED) is 0.709. The van der Waals surface area contributed by atoms with Gasteiger partial charge in [-0.3, -0.25) is 4.79 Å². The third-order valence-corrected chi connectivity index (χ3v) is 3.18. The van der Waals surface area contributed by atoms with Crippen molar-refractivity contribution in [1.82, 2.24) is 14.5 Å². The largest absolute Gasteiger partial charge is 0.368 e. The van der Waals surface area contributed by atoms with Crippen LogP contribution >= 0.6 is 0 Å². The molecule has 5 nitrogen and oxygen atoms in total. The fraction of sp³-hybridized carbons (Fsp3) is 0.364. The third-order valence-electron chi connectivity index (χ3n) is 3.18. The first-order valence-electron chi connectivity index (χ1n) is 5.03. The van der Waals surface area contributed by atoms with Crippen molar-refractivity contribution in [3.05, 3.63) is 27.2 Å². The molecule has 2 heterocycles. The van der Waals surface area contributed by atoms with Crippen LogP contribution in [0, 0.1) is 20.8 Å². The van der Waals surface area contributed by atoms with E-state index in [1.54, 1.807) is 0 Å². The predicted molar refractivity (Wildman–Crippen MR) is 62.5 cm³/mol. The molecular weight excluding hydrogens is 204 g/mol. The Kier molecular flexibility index (Phi) is 2.18. The molecule has 2 N–H and O–H groups in total. The van der Waals surface area contributed by atoms with Gasteiger partial charge in [0.25, 0.3) is 5.56 Å². The molecule has 84 valence electrons. The zero-order valence-corrected chi connectivity index (χ0v) is 9.83. The van der Waals surface area contributed by atoms with Gasteiger partial charge in [0.15, 0.2) is 0 Å². The Labute approximate surface area is 93.3 Å². The average molecular weight is 218 g/mol.